The van der Waals surface area contributed by atoms with Gasteiger partial charge in [-0.3, -0.25) is 4.79 Å². The lowest BCUT2D eigenvalue weighted by atomic mass is 9.79. The molecule has 0 radical (unpaired) electrons. The highest BCUT2D eigenvalue weighted by Gasteiger charge is 2.51. The van der Waals surface area contributed by atoms with Crippen LogP contribution in [0.4, 0.5) is 3.89 Å². The number of ether oxygens (including phenoxy) is 1. The molecule has 0 amide bonds. The van der Waals surface area contributed by atoms with E-state index in [1.807, 2.05) is 0 Å². The van der Waals surface area contributed by atoms with E-state index in [2.05, 4.69) is 0 Å². The maximum Gasteiger partial charge on any atom is 0.306 e. The summed E-state index contributed by atoms with van der Waals surface area (Å²) in [6, 6.07) is 0. The van der Waals surface area contributed by atoms with Crippen molar-refractivity contribution in [3.8, 4) is 0 Å². The number of esters is 1. The third-order valence-electron chi connectivity index (χ3n) is 3.16. The molecule has 0 aromatic carbocycles. The van der Waals surface area contributed by atoms with Crippen LogP contribution in [0.5, 0.6) is 0 Å². The lowest BCUT2D eigenvalue weighted by Crippen LogP contribution is -2.39. The molecular weight excluding hydrogens is 255 g/mol. The SMILES string of the molecule is O=C1CC2(CCCSC2)C(CS(=O)(=O)F)O1. The Hall–Kier alpha value is -0.300. The van der Waals surface area contributed by atoms with Gasteiger partial charge < -0.3 is 4.74 Å². The average molecular weight is 268 g/mol. The van der Waals surface area contributed by atoms with Crippen molar-refractivity contribution in [2.24, 2.45) is 5.41 Å². The quantitative estimate of drug-likeness (QED) is 0.554. The third-order valence-corrected chi connectivity index (χ3v) is 5.21. The molecule has 2 aliphatic heterocycles. The van der Waals surface area contributed by atoms with Crippen molar-refractivity contribution >= 4 is 28.0 Å². The summed E-state index contributed by atoms with van der Waals surface area (Å²) in [6.07, 6.45) is 1.08. The van der Waals surface area contributed by atoms with Gasteiger partial charge in [-0.1, -0.05) is 0 Å². The maximum atomic E-state index is 12.7. The molecule has 4 nitrogen and oxygen atoms in total. The Kier molecular flexibility index (Phi) is 3.18. The Labute approximate surface area is 98.1 Å². The second-order valence-electron chi connectivity index (χ2n) is 4.38. The van der Waals surface area contributed by atoms with Gasteiger partial charge in [-0.25, -0.2) is 0 Å². The van der Waals surface area contributed by atoms with Gasteiger partial charge in [0.15, 0.2) is 0 Å². The minimum atomic E-state index is -4.59. The predicted molar refractivity (Wildman–Crippen MR) is 58.4 cm³/mol. The maximum absolute atomic E-state index is 12.7. The first-order valence-electron chi connectivity index (χ1n) is 5.11. The Bertz CT molecular complexity index is 386. The van der Waals surface area contributed by atoms with E-state index in [1.54, 1.807) is 11.8 Å². The number of thioether (sulfide) groups is 1. The Morgan fingerprint density at radius 3 is 2.88 bits per heavy atom. The number of carbonyl (C=O) groups excluding carboxylic acids is 1. The highest BCUT2D eigenvalue weighted by atomic mass is 32.3. The summed E-state index contributed by atoms with van der Waals surface area (Å²) < 4.78 is 38.9. The largest absolute Gasteiger partial charge is 0.461 e. The van der Waals surface area contributed by atoms with Crippen LogP contribution in [0.25, 0.3) is 0 Å². The number of rotatable bonds is 2. The van der Waals surface area contributed by atoms with Crippen molar-refractivity contribution in [3.63, 3.8) is 0 Å². The second-order valence-corrected chi connectivity index (χ2v) is 6.90. The Morgan fingerprint density at radius 1 is 1.56 bits per heavy atom. The summed E-state index contributed by atoms with van der Waals surface area (Å²) in [7, 11) is -4.59. The first-order valence-corrected chi connectivity index (χ1v) is 7.82. The fourth-order valence-electron chi connectivity index (χ4n) is 2.39. The normalized spacial score (nSPS) is 35.3. The molecular formula is C9H13FO4S2. The molecule has 2 saturated heterocycles. The van der Waals surface area contributed by atoms with Crippen molar-refractivity contribution in [2.45, 2.75) is 25.4 Å². The summed E-state index contributed by atoms with van der Waals surface area (Å²) >= 11 is 1.67. The molecule has 0 bridgehead atoms. The van der Waals surface area contributed by atoms with Crippen LogP contribution in [0.1, 0.15) is 19.3 Å². The van der Waals surface area contributed by atoms with Gasteiger partial charge in [0.25, 0.3) is 0 Å². The molecule has 0 aliphatic carbocycles. The van der Waals surface area contributed by atoms with E-state index in [0.29, 0.717) is 5.75 Å². The van der Waals surface area contributed by atoms with Gasteiger partial charge >= 0.3 is 16.2 Å². The van der Waals surface area contributed by atoms with Crippen molar-refractivity contribution in [1.29, 1.82) is 0 Å². The van der Waals surface area contributed by atoms with Gasteiger partial charge in [0.2, 0.25) is 0 Å². The van der Waals surface area contributed by atoms with Gasteiger partial charge in [0.1, 0.15) is 11.9 Å². The van der Waals surface area contributed by atoms with Crippen molar-refractivity contribution in [2.75, 3.05) is 17.3 Å². The van der Waals surface area contributed by atoms with Crippen molar-refractivity contribution in [3.05, 3.63) is 0 Å². The Morgan fingerprint density at radius 2 is 2.31 bits per heavy atom. The molecule has 2 unspecified atom stereocenters. The van der Waals surface area contributed by atoms with Crippen LogP contribution in [0.3, 0.4) is 0 Å². The standard InChI is InChI=1S/C9H13FO4S2/c10-16(12,13)5-7-9(4-8(11)14-7)2-1-3-15-6-9/h7H,1-6H2. The topological polar surface area (TPSA) is 60.4 Å². The number of carbonyl (C=O) groups is 1. The molecule has 1 spiro atoms. The minimum Gasteiger partial charge on any atom is -0.461 e. The van der Waals surface area contributed by atoms with Gasteiger partial charge in [-0.15, -0.1) is 3.89 Å². The first kappa shape index (κ1) is 12.2. The van der Waals surface area contributed by atoms with E-state index >= 15 is 0 Å². The number of halogens is 1. The molecule has 2 rings (SSSR count). The smallest absolute Gasteiger partial charge is 0.306 e. The summed E-state index contributed by atoms with van der Waals surface area (Å²) in [4.78, 5) is 11.3. The summed E-state index contributed by atoms with van der Waals surface area (Å²) in [5.41, 5.74) is -0.459. The van der Waals surface area contributed by atoms with E-state index in [0.717, 1.165) is 18.6 Å². The van der Waals surface area contributed by atoms with E-state index in [1.165, 1.54) is 0 Å². The lowest BCUT2D eigenvalue weighted by Gasteiger charge is -2.34. The average Bonchev–Trinajstić information content (AvgIpc) is 2.41. The van der Waals surface area contributed by atoms with Crippen LogP contribution >= 0.6 is 11.8 Å². The van der Waals surface area contributed by atoms with Gasteiger partial charge in [0.05, 0.1) is 6.42 Å². The summed E-state index contributed by atoms with van der Waals surface area (Å²) in [5, 5.41) is 0. The molecule has 92 valence electrons. The molecule has 2 fully saturated rings. The fourth-order valence-corrected chi connectivity index (χ4v) is 4.50. The number of hydrogen-bond donors (Lipinski definition) is 0. The second kappa shape index (κ2) is 4.18. The molecule has 2 aliphatic rings. The zero-order chi connectivity index (χ0) is 11.8. The van der Waals surface area contributed by atoms with Crippen LogP contribution in [-0.2, 0) is 19.8 Å². The zero-order valence-electron chi connectivity index (χ0n) is 8.65. The molecule has 0 aromatic rings. The number of hydrogen-bond acceptors (Lipinski definition) is 5. The predicted octanol–water partition coefficient (Wildman–Crippen LogP) is 1.11. The molecule has 0 N–H and O–H groups in total. The zero-order valence-corrected chi connectivity index (χ0v) is 10.3. The highest BCUT2D eigenvalue weighted by Crippen LogP contribution is 2.46. The van der Waals surface area contributed by atoms with Gasteiger partial charge in [-0.05, 0) is 18.6 Å². The van der Waals surface area contributed by atoms with Crippen LogP contribution in [0, 0.1) is 5.41 Å². The van der Waals surface area contributed by atoms with Crippen LogP contribution < -0.4 is 0 Å². The molecule has 16 heavy (non-hydrogen) atoms. The van der Waals surface area contributed by atoms with Crippen molar-refractivity contribution in [1.82, 2.24) is 0 Å². The molecule has 2 atom stereocenters. The highest BCUT2D eigenvalue weighted by molar-refractivity contribution is 7.99. The van der Waals surface area contributed by atoms with E-state index < -0.39 is 33.5 Å². The lowest BCUT2D eigenvalue weighted by molar-refractivity contribution is -0.140. The van der Waals surface area contributed by atoms with E-state index in [-0.39, 0.29) is 6.42 Å². The third kappa shape index (κ3) is 2.51. The summed E-state index contributed by atoms with van der Waals surface area (Å²) in [6.45, 7) is 0. The van der Waals surface area contributed by atoms with Gasteiger partial charge in [-0.2, -0.15) is 20.2 Å². The Balaban J connectivity index is 2.18. The van der Waals surface area contributed by atoms with Crippen LogP contribution in [0.2, 0.25) is 0 Å². The van der Waals surface area contributed by atoms with Gasteiger partial charge in [0, 0.05) is 11.2 Å². The number of cyclic esters (lactones) is 1. The minimum absolute atomic E-state index is 0.222. The van der Waals surface area contributed by atoms with E-state index in [4.69, 9.17) is 4.74 Å². The fraction of sp³-hybridized carbons (Fsp3) is 0.889. The molecule has 0 aromatic heterocycles. The molecule has 0 saturated carbocycles. The van der Waals surface area contributed by atoms with E-state index in [9.17, 15) is 17.1 Å². The van der Waals surface area contributed by atoms with Crippen molar-refractivity contribution < 1.29 is 21.8 Å². The monoisotopic (exact) mass is 268 g/mol. The summed E-state index contributed by atoms with van der Waals surface area (Å²) in [5.74, 6) is 0.583. The van der Waals surface area contributed by atoms with Crippen LogP contribution in [-0.4, -0.2) is 37.7 Å². The molecule has 7 heteroatoms. The first-order chi connectivity index (χ1) is 7.41. The molecule has 2 heterocycles. The van der Waals surface area contributed by atoms with Crippen LogP contribution in [0.15, 0.2) is 0 Å².